The van der Waals surface area contributed by atoms with Crippen LogP contribution in [0.2, 0.25) is 0 Å². The van der Waals surface area contributed by atoms with Crippen molar-refractivity contribution in [3.8, 4) is 0 Å². The molecule has 4 heteroatoms. The third kappa shape index (κ3) is 3.74. The van der Waals surface area contributed by atoms with Crippen molar-refractivity contribution in [2.24, 2.45) is 0 Å². The van der Waals surface area contributed by atoms with Gasteiger partial charge in [0.2, 0.25) is 0 Å². The van der Waals surface area contributed by atoms with E-state index >= 15 is 0 Å². The van der Waals surface area contributed by atoms with Crippen LogP contribution in [-0.2, 0) is 0 Å². The summed E-state index contributed by atoms with van der Waals surface area (Å²) in [5.41, 5.74) is -0.602. The van der Waals surface area contributed by atoms with Gasteiger partial charge in [0.1, 0.15) is 6.33 Å². The van der Waals surface area contributed by atoms with Crippen molar-refractivity contribution in [1.29, 1.82) is 0 Å². The standard InChI is InChI=1S/C9H14N2OS/c1-3-9(2,12)6-13-8-4-5-10-7-11-8/h4-5,7,12H,3,6H2,1-2H3. The first-order valence-corrected chi connectivity index (χ1v) is 5.24. The molecule has 0 aliphatic heterocycles. The Morgan fingerprint density at radius 1 is 1.62 bits per heavy atom. The van der Waals surface area contributed by atoms with Gasteiger partial charge in [-0.15, -0.1) is 11.8 Å². The molecule has 3 nitrogen and oxygen atoms in total. The van der Waals surface area contributed by atoms with Gasteiger partial charge < -0.3 is 5.11 Å². The fourth-order valence-corrected chi connectivity index (χ4v) is 1.64. The Labute approximate surface area is 82.6 Å². The van der Waals surface area contributed by atoms with Crippen molar-refractivity contribution >= 4 is 11.8 Å². The Bertz CT molecular complexity index is 251. The average Bonchev–Trinajstić information content (AvgIpc) is 2.17. The van der Waals surface area contributed by atoms with E-state index in [4.69, 9.17) is 0 Å². The van der Waals surface area contributed by atoms with Gasteiger partial charge in [-0.2, -0.15) is 0 Å². The molecule has 1 unspecified atom stereocenters. The summed E-state index contributed by atoms with van der Waals surface area (Å²) in [6.45, 7) is 3.81. The van der Waals surface area contributed by atoms with Crippen LogP contribution in [0.5, 0.6) is 0 Å². The van der Waals surface area contributed by atoms with E-state index in [1.165, 1.54) is 6.33 Å². The molecule has 0 bridgehead atoms. The number of thioether (sulfide) groups is 1. The Morgan fingerprint density at radius 3 is 2.92 bits per heavy atom. The molecule has 0 aliphatic rings. The molecule has 72 valence electrons. The first-order valence-electron chi connectivity index (χ1n) is 4.25. The molecule has 13 heavy (non-hydrogen) atoms. The monoisotopic (exact) mass is 198 g/mol. The highest BCUT2D eigenvalue weighted by atomic mass is 32.2. The second-order valence-electron chi connectivity index (χ2n) is 3.19. The van der Waals surface area contributed by atoms with Crippen LogP contribution in [0.4, 0.5) is 0 Å². The van der Waals surface area contributed by atoms with Gasteiger partial charge in [0, 0.05) is 11.9 Å². The molecule has 0 saturated heterocycles. The summed E-state index contributed by atoms with van der Waals surface area (Å²) in [5.74, 6) is 0.667. The highest BCUT2D eigenvalue weighted by molar-refractivity contribution is 7.99. The minimum absolute atomic E-state index is 0.602. The van der Waals surface area contributed by atoms with E-state index in [2.05, 4.69) is 9.97 Å². The maximum absolute atomic E-state index is 9.72. The zero-order valence-electron chi connectivity index (χ0n) is 7.90. The Balaban J connectivity index is 2.44. The Hall–Kier alpha value is -0.610. The van der Waals surface area contributed by atoms with Gasteiger partial charge in [0.05, 0.1) is 10.6 Å². The highest BCUT2D eigenvalue weighted by Crippen LogP contribution is 2.21. The largest absolute Gasteiger partial charge is 0.389 e. The lowest BCUT2D eigenvalue weighted by Crippen LogP contribution is -2.25. The fraction of sp³-hybridized carbons (Fsp3) is 0.556. The van der Waals surface area contributed by atoms with Gasteiger partial charge in [-0.05, 0) is 19.4 Å². The zero-order valence-corrected chi connectivity index (χ0v) is 8.71. The lowest BCUT2D eigenvalue weighted by Gasteiger charge is -2.19. The highest BCUT2D eigenvalue weighted by Gasteiger charge is 2.17. The van der Waals surface area contributed by atoms with Crippen LogP contribution in [0.15, 0.2) is 23.6 Å². The number of hydrogen-bond donors (Lipinski definition) is 1. The molecule has 0 fully saturated rings. The van der Waals surface area contributed by atoms with Gasteiger partial charge in [-0.1, -0.05) is 6.92 Å². The zero-order chi connectivity index (χ0) is 9.73. The first-order chi connectivity index (χ1) is 6.14. The van der Waals surface area contributed by atoms with Crippen molar-refractivity contribution in [3.63, 3.8) is 0 Å². The molecule has 0 amide bonds. The maximum atomic E-state index is 9.72. The maximum Gasteiger partial charge on any atom is 0.116 e. The summed E-state index contributed by atoms with van der Waals surface area (Å²) in [7, 11) is 0. The number of hydrogen-bond acceptors (Lipinski definition) is 4. The van der Waals surface area contributed by atoms with E-state index in [9.17, 15) is 5.11 Å². The number of nitrogens with zero attached hydrogens (tertiary/aromatic N) is 2. The molecule has 1 atom stereocenters. The average molecular weight is 198 g/mol. The van der Waals surface area contributed by atoms with Crippen molar-refractivity contribution < 1.29 is 5.11 Å². The molecule has 1 heterocycles. The summed E-state index contributed by atoms with van der Waals surface area (Å²) in [4.78, 5) is 7.88. The molecule has 1 N–H and O–H groups in total. The summed E-state index contributed by atoms with van der Waals surface area (Å²) < 4.78 is 0. The van der Waals surface area contributed by atoms with E-state index in [-0.39, 0.29) is 0 Å². The Kier molecular flexibility index (Phi) is 3.69. The Morgan fingerprint density at radius 2 is 2.38 bits per heavy atom. The molecule has 1 aromatic heterocycles. The van der Waals surface area contributed by atoms with Gasteiger partial charge in [0.25, 0.3) is 0 Å². The van der Waals surface area contributed by atoms with Crippen LogP contribution in [-0.4, -0.2) is 26.4 Å². The van der Waals surface area contributed by atoms with Crippen LogP contribution in [0, 0.1) is 0 Å². The smallest absolute Gasteiger partial charge is 0.116 e. The van der Waals surface area contributed by atoms with E-state index in [0.717, 1.165) is 11.4 Å². The topological polar surface area (TPSA) is 46.0 Å². The van der Waals surface area contributed by atoms with Gasteiger partial charge in [-0.3, -0.25) is 0 Å². The molecule has 0 spiro atoms. The molecular formula is C9H14N2OS. The molecule has 0 aromatic carbocycles. The SMILES string of the molecule is CCC(C)(O)CSc1ccncn1. The summed E-state index contributed by atoms with van der Waals surface area (Å²) in [6, 6.07) is 1.84. The lowest BCUT2D eigenvalue weighted by atomic mass is 10.1. The number of rotatable bonds is 4. The van der Waals surface area contributed by atoms with E-state index in [1.54, 1.807) is 18.0 Å². The summed E-state index contributed by atoms with van der Waals surface area (Å²) >= 11 is 1.55. The van der Waals surface area contributed by atoms with E-state index in [0.29, 0.717) is 5.75 Å². The van der Waals surface area contributed by atoms with Crippen molar-refractivity contribution in [2.45, 2.75) is 30.9 Å². The normalized spacial score (nSPS) is 15.3. The van der Waals surface area contributed by atoms with E-state index in [1.807, 2.05) is 19.9 Å². The van der Waals surface area contributed by atoms with E-state index < -0.39 is 5.60 Å². The second kappa shape index (κ2) is 4.58. The quantitative estimate of drug-likeness (QED) is 0.591. The molecular weight excluding hydrogens is 184 g/mol. The molecule has 1 rings (SSSR count). The molecule has 1 aromatic rings. The molecule has 0 saturated carbocycles. The minimum atomic E-state index is -0.602. The van der Waals surface area contributed by atoms with Crippen molar-refractivity contribution in [2.75, 3.05) is 5.75 Å². The lowest BCUT2D eigenvalue weighted by molar-refractivity contribution is 0.0815. The predicted molar refractivity (Wildman–Crippen MR) is 53.7 cm³/mol. The van der Waals surface area contributed by atoms with Crippen molar-refractivity contribution in [3.05, 3.63) is 18.6 Å². The van der Waals surface area contributed by atoms with Crippen LogP contribution < -0.4 is 0 Å². The summed E-state index contributed by atoms with van der Waals surface area (Å²) in [5, 5.41) is 10.6. The minimum Gasteiger partial charge on any atom is -0.389 e. The third-order valence-corrected chi connectivity index (χ3v) is 3.15. The van der Waals surface area contributed by atoms with Crippen LogP contribution in [0.25, 0.3) is 0 Å². The number of aliphatic hydroxyl groups is 1. The van der Waals surface area contributed by atoms with Gasteiger partial charge in [-0.25, -0.2) is 9.97 Å². The summed E-state index contributed by atoms with van der Waals surface area (Å²) in [6.07, 6.45) is 3.98. The predicted octanol–water partition coefficient (Wildman–Crippen LogP) is 1.73. The third-order valence-electron chi connectivity index (χ3n) is 1.85. The first kappa shape index (κ1) is 10.5. The fourth-order valence-electron chi connectivity index (χ4n) is 0.695. The van der Waals surface area contributed by atoms with Crippen LogP contribution in [0.1, 0.15) is 20.3 Å². The van der Waals surface area contributed by atoms with Crippen LogP contribution >= 0.6 is 11.8 Å². The molecule has 0 aliphatic carbocycles. The second-order valence-corrected chi connectivity index (χ2v) is 4.18. The van der Waals surface area contributed by atoms with Crippen molar-refractivity contribution in [1.82, 2.24) is 9.97 Å². The van der Waals surface area contributed by atoms with Gasteiger partial charge in [0.15, 0.2) is 0 Å². The molecule has 0 radical (unpaired) electrons. The van der Waals surface area contributed by atoms with Gasteiger partial charge >= 0.3 is 0 Å². The number of aromatic nitrogens is 2. The van der Waals surface area contributed by atoms with Crippen LogP contribution in [0.3, 0.4) is 0 Å².